The van der Waals surface area contributed by atoms with E-state index in [1.54, 1.807) is 6.07 Å². The van der Waals surface area contributed by atoms with E-state index in [-0.39, 0.29) is 11.3 Å². The fourth-order valence-electron chi connectivity index (χ4n) is 3.92. The van der Waals surface area contributed by atoms with Crippen molar-refractivity contribution in [1.82, 2.24) is 4.90 Å². The summed E-state index contributed by atoms with van der Waals surface area (Å²) in [4.78, 5) is 17.1. The van der Waals surface area contributed by atoms with Gasteiger partial charge >= 0.3 is 0 Å². The summed E-state index contributed by atoms with van der Waals surface area (Å²) in [5, 5.41) is 9.99. The smallest absolute Gasteiger partial charge is 0.226 e. The van der Waals surface area contributed by atoms with Gasteiger partial charge in [-0.05, 0) is 37.3 Å². The zero-order valence-electron chi connectivity index (χ0n) is 15.1. The number of para-hydroxylation sites is 2. The zero-order valence-corrected chi connectivity index (χ0v) is 15.1. The summed E-state index contributed by atoms with van der Waals surface area (Å²) < 4.78 is 0. The van der Waals surface area contributed by atoms with Crippen molar-refractivity contribution in [2.75, 3.05) is 31.1 Å². The molecule has 1 amide bonds. The van der Waals surface area contributed by atoms with Crippen LogP contribution >= 0.6 is 0 Å². The Bertz CT molecular complexity index is 653. The van der Waals surface area contributed by atoms with Crippen LogP contribution in [0.1, 0.15) is 27.7 Å². The van der Waals surface area contributed by atoms with Crippen molar-refractivity contribution in [2.45, 2.75) is 27.7 Å². The number of benzene rings is 1. The molecule has 0 unspecified atom stereocenters. The van der Waals surface area contributed by atoms with Crippen LogP contribution in [0.2, 0.25) is 0 Å². The lowest BCUT2D eigenvalue weighted by Crippen LogP contribution is -2.49. The second-order valence-corrected chi connectivity index (χ2v) is 7.87. The summed E-state index contributed by atoms with van der Waals surface area (Å²) in [5.74, 6) is 1.08. The van der Waals surface area contributed by atoms with Crippen LogP contribution in [-0.4, -0.2) is 42.1 Å². The van der Waals surface area contributed by atoms with Crippen molar-refractivity contribution in [3.8, 4) is 5.75 Å². The number of piperazine rings is 1. The Morgan fingerprint density at radius 2 is 1.79 bits per heavy atom. The van der Waals surface area contributed by atoms with Crippen molar-refractivity contribution < 1.29 is 9.90 Å². The molecule has 1 aromatic carbocycles. The number of rotatable bonds is 3. The third-order valence-electron chi connectivity index (χ3n) is 5.50. The average molecular weight is 328 g/mol. The van der Waals surface area contributed by atoms with Crippen molar-refractivity contribution >= 4 is 11.6 Å². The molecule has 130 valence electrons. The van der Waals surface area contributed by atoms with Gasteiger partial charge in [0.1, 0.15) is 5.75 Å². The molecule has 0 spiro atoms. The zero-order chi connectivity index (χ0) is 17.5. The Labute approximate surface area is 144 Å². The van der Waals surface area contributed by atoms with Crippen molar-refractivity contribution in [2.24, 2.45) is 17.3 Å². The molecule has 1 aliphatic heterocycles. The molecule has 1 N–H and O–H groups in total. The predicted octanol–water partition coefficient (Wildman–Crippen LogP) is 3.28. The topological polar surface area (TPSA) is 43.8 Å². The minimum absolute atomic E-state index is 0.0726. The summed E-state index contributed by atoms with van der Waals surface area (Å²) in [5.41, 5.74) is 2.22. The van der Waals surface area contributed by atoms with E-state index in [0.717, 1.165) is 31.9 Å². The molecule has 24 heavy (non-hydrogen) atoms. The lowest BCUT2D eigenvalue weighted by molar-refractivity contribution is -0.133. The van der Waals surface area contributed by atoms with Gasteiger partial charge in [0, 0.05) is 26.2 Å². The van der Waals surface area contributed by atoms with Crippen LogP contribution in [0.5, 0.6) is 5.75 Å². The highest BCUT2D eigenvalue weighted by atomic mass is 16.3. The van der Waals surface area contributed by atoms with Gasteiger partial charge in [-0.25, -0.2) is 0 Å². The van der Waals surface area contributed by atoms with Crippen LogP contribution in [0.15, 0.2) is 35.9 Å². The lowest BCUT2D eigenvalue weighted by atomic mass is 10.1. The van der Waals surface area contributed by atoms with Gasteiger partial charge < -0.3 is 14.9 Å². The first-order valence-corrected chi connectivity index (χ1v) is 8.79. The summed E-state index contributed by atoms with van der Waals surface area (Å²) in [6, 6.07) is 7.41. The monoisotopic (exact) mass is 328 g/mol. The van der Waals surface area contributed by atoms with Crippen LogP contribution in [-0.2, 0) is 4.79 Å². The number of nitrogens with zero attached hydrogens (tertiary/aromatic N) is 2. The van der Waals surface area contributed by atoms with Gasteiger partial charge in [0.2, 0.25) is 5.91 Å². The number of phenolic OH excluding ortho intramolecular Hbond substituents is 1. The van der Waals surface area contributed by atoms with Gasteiger partial charge in [-0.1, -0.05) is 37.6 Å². The van der Waals surface area contributed by atoms with Gasteiger partial charge in [-0.15, -0.1) is 0 Å². The van der Waals surface area contributed by atoms with Gasteiger partial charge in [-0.2, -0.15) is 0 Å². The lowest BCUT2D eigenvalue weighted by Gasteiger charge is -2.36. The van der Waals surface area contributed by atoms with Crippen LogP contribution in [0.3, 0.4) is 0 Å². The number of amides is 1. The molecule has 2 fully saturated rings. The molecule has 0 bridgehead atoms. The second kappa shape index (κ2) is 6.15. The minimum atomic E-state index is 0.0726. The molecule has 2 aliphatic rings. The molecule has 1 saturated carbocycles. The molecule has 0 aromatic heterocycles. The number of allylic oxidation sites excluding steroid dienone is 2. The van der Waals surface area contributed by atoms with Gasteiger partial charge in [0.25, 0.3) is 0 Å². The molecular weight excluding hydrogens is 300 g/mol. The second-order valence-electron chi connectivity index (χ2n) is 7.87. The molecule has 0 radical (unpaired) electrons. The number of hydrogen-bond acceptors (Lipinski definition) is 3. The van der Waals surface area contributed by atoms with Crippen LogP contribution in [0, 0.1) is 17.3 Å². The SMILES string of the molecule is CC(C)=C[C@H]1[C@@H](C(=O)N2CCN(c3ccccc3O)CC2)C1(C)C. The Kier molecular flexibility index (Phi) is 4.33. The van der Waals surface area contributed by atoms with E-state index in [9.17, 15) is 9.90 Å². The van der Waals surface area contributed by atoms with E-state index < -0.39 is 0 Å². The first kappa shape index (κ1) is 16.9. The fourth-order valence-corrected chi connectivity index (χ4v) is 3.92. The van der Waals surface area contributed by atoms with E-state index in [1.807, 2.05) is 23.1 Å². The largest absolute Gasteiger partial charge is 0.506 e. The van der Waals surface area contributed by atoms with Gasteiger partial charge in [0.15, 0.2) is 0 Å². The summed E-state index contributed by atoms with van der Waals surface area (Å²) >= 11 is 0. The Morgan fingerprint density at radius 3 is 2.38 bits per heavy atom. The fraction of sp³-hybridized carbons (Fsp3) is 0.550. The van der Waals surface area contributed by atoms with Crippen molar-refractivity contribution in [3.05, 3.63) is 35.9 Å². The molecule has 1 saturated heterocycles. The summed E-state index contributed by atoms with van der Waals surface area (Å²) in [7, 11) is 0. The number of phenols is 1. The van der Waals surface area contributed by atoms with Crippen molar-refractivity contribution in [1.29, 1.82) is 0 Å². The van der Waals surface area contributed by atoms with Crippen LogP contribution < -0.4 is 4.90 Å². The number of anilines is 1. The maximum Gasteiger partial charge on any atom is 0.226 e. The highest BCUT2D eigenvalue weighted by Crippen LogP contribution is 2.60. The Hall–Kier alpha value is -1.97. The number of carbonyl (C=O) groups excluding carboxylic acids is 1. The third-order valence-corrected chi connectivity index (χ3v) is 5.50. The van der Waals surface area contributed by atoms with Gasteiger partial charge in [0.05, 0.1) is 11.6 Å². The van der Waals surface area contributed by atoms with E-state index >= 15 is 0 Å². The van der Waals surface area contributed by atoms with Crippen LogP contribution in [0.25, 0.3) is 0 Å². The molecule has 1 aliphatic carbocycles. The highest BCUT2D eigenvalue weighted by Gasteiger charge is 2.61. The van der Waals surface area contributed by atoms with Gasteiger partial charge in [-0.3, -0.25) is 4.79 Å². The van der Waals surface area contributed by atoms with Crippen molar-refractivity contribution in [3.63, 3.8) is 0 Å². The maximum absolute atomic E-state index is 12.9. The Morgan fingerprint density at radius 1 is 1.17 bits per heavy atom. The highest BCUT2D eigenvalue weighted by molar-refractivity contribution is 5.84. The molecular formula is C20H28N2O2. The quantitative estimate of drug-likeness (QED) is 0.866. The number of aromatic hydroxyl groups is 1. The first-order valence-electron chi connectivity index (χ1n) is 8.79. The van der Waals surface area contributed by atoms with E-state index in [1.165, 1.54) is 5.57 Å². The molecule has 1 aromatic rings. The number of carbonyl (C=O) groups is 1. The predicted molar refractivity (Wildman–Crippen MR) is 97.1 cm³/mol. The Balaban J connectivity index is 1.62. The molecule has 2 atom stereocenters. The van der Waals surface area contributed by atoms with Crippen LogP contribution in [0.4, 0.5) is 5.69 Å². The summed E-state index contributed by atoms with van der Waals surface area (Å²) in [6.07, 6.45) is 2.25. The maximum atomic E-state index is 12.9. The first-order chi connectivity index (χ1) is 11.3. The standard InChI is InChI=1S/C20H28N2O2/c1-14(2)13-15-18(20(15,3)4)19(24)22-11-9-21(10-12-22)16-7-5-6-8-17(16)23/h5-8,13,15,18,23H,9-12H2,1-4H3/t15-,18-/m0/s1. The molecule has 3 rings (SSSR count). The minimum Gasteiger partial charge on any atom is -0.506 e. The average Bonchev–Trinajstić information content (AvgIpc) is 3.07. The number of hydrogen-bond donors (Lipinski definition) is 1. The van der Waals surface area contributed by atoms with E-state index in [2.05, 4.69) is 38.7 Å². The molecule has 1 heterocycles. The van der Waals surface area contributed by atoms with E-state index in [4.69, 9.17) is 0 Å². The molecule has 4 nitrogen and oxygen atoms in total. The summed E-state index contributed by atoms with van der Waals surface area (Å²) in [6.45, 7) is 11.6. The van der Waals surface area contributed by atoms with E-state index in [0.29, 0.717) is 17.6 Å². The normalized spacial score (nSPS) is 25.3. The third kappa shape index (κ3) is 3.02. The molecule has 4 heteroatoms.